The first-order valence-electron chi connectivity index (χ1n) is 4.66. The fourth-order valence-electron chi connectivity index (χ4n) is 1.27. The molecule has 0 saturated carbocycles. The highest BCUT2D eigenvalue weighted by molar-refractivity contribution is 5.73. The van der Waals surface area contributed by atoms with E-state index in [-0.39, 0.29) is 12.8 Å². The van der Waals surface area contributed by atoms with Gasteiger partial charge in [-0.3, -0.25) is 4.79 Å². The molecule has 1 aromatic carbocycles. The Morgan fingerprint density at radius 1 is 1.31 bits per heavy atom. The van der Waals surface area contributed by atoms with Gasteiger partial charge >= 0.3 is 5.97 Å². The largest absolute Gasteiger partial charge is 0.481 e. The number of nitrogens with zero attached hydrogens (tertiary/aromatic N) is 3. The van der Waals surface area contributed by atoms with Gasteiger partial charge in [-0.1, -0.05) is 0 Å². The van der Waals surface area contributed by atoms with Crippen LogP contribution < -0.4 is 0 Å². The summed E-state index contributed by atoms with van der Waals surface area (Å²) in [6.07, 6.45) is 0.171. The summed E-state index contributed by atoms with van der Waals surface area (Å²) < 4.78 is 12.8. The Bertz CT molecular complexity index is 545. The second-order valence-electron chi connectivity index (χ2n) is 3.25. The third-order valence-electron chi connectivity index (χ3n) is 2.02. The molecule has 1 N–H and O–H groups in total. The zero-order valence-corrected chi connectivity index (χ0v) is 8.22. The zero-order chi connectivity index (χ0) is 11.5. The van der Waals surface area contributed by atoms with Crippen molar-refractivity contribution in [1.82, 2.24) is 15.2 Å². The van der Waals surface area contributed by atoms with Crippen molar-refractivity contribution < 1.29 is 14.3 Å². The second-order valence-corrected chi connectivity index (χ2v) is 3.25. The van der Waals surface area contributed by atoms with E-state index < -0.39 is 11.8 Å². The van der Waals surface area contributed by atoms with Crippen molar-refractivity contribution in [2.24, 2.45) is 0 Å². The van der Waals surface area contributed by atoms with E-state index >= 15 is 0 Å². The summed E-state index contributed by atoms with van der Waals surface area (Å²) in [7, 11) is 0. The summed E-state index contributed by atoms with van der Waals surface area (Å²) in [6, 6.07) is 4.00. The minimum absolute atomic E-state index is 0.0472. The molecule has 0 aliphatic rings. The molecule has 0 spiro atoms. The Kier molecular flexibility index (Phi) is 2.72. The minimum atomic E-state index is -0.914. The van der Waals surface area contributed by atoms with Crippen molar-refractivity contribution in [3.8, 4) is 0 Å². The number of hydrogen-bond donors (Lipinski definition) is 1. The van der Waals surface area contributed by atoms with E-state index in [1.54, 1.807) is 0 Å². The van der Waals surface area contributed by atoms with Gasteiger partial charge in [-0.15, -0.1) is 10.2 Å². The first-order valence-corrected chi connectivity index (χ1v) is 4.66. The molecule has 1 heterocycles. The number of aliphatic carboxylic acids is 1. The number of halogens is 1. The average Bonchev–Trinajstić information content (AvgIpc) is 2.26. The van der Waals surface area contributed by atoms with Crippen LogP contribution in [0.2, 0.25) is 0 Å². The molecule has 2 rings (SSSR count). The molecule has 0 unspecified atom stereocenters. The Morgan fingerprint density at radius 3 is 2.88 bits per heavy atom. The van der Waals surface area contributed by atoms with Crippen molar-refractivity contribution in [1.29, 1.82) is 0 Å². The summed E-state index contributed by atoms with van der Waals surface area (Å²) in [5, 5.41) is 16.0. The van der Waals surface area contributed by atoms with Gasteiger partial charge in [0.05, 0.1) is 11.9 Å². The van der Waals surface area contributed by atoms with Gasteiger partial charge in [0.2, 0.25) is 0 Å². The molecule has 5 nitrogen and oxygen atoms in total. The Morgan fingerprint density at radius 2 is 2.12 bits per heavy atom. The number of rotatable bonds is 3. The molecule has 2 aromatic rings. The maximum Gasteiger partial charge on any atom is 0.303 e. The third-order valence-corrected chi connectivity index (χ3v) is 2.02. The maximum absolute atomic E-state index is 12.8. The molecular formula is C10H8FN3O2. The molecule has 0 fully saturated rings. The first kappa shape index (κ1) is 10.4. The fraction of sp³-hybridized carbons (Fsp3) is 0.200. The predicted octanol–water partition coefficient (Wildman–Crippen LogP) is 1.18. The van der Waals surface area contributed by atoms with Gasteiger partial charge in [-0.05, 0) is 12.1 Å². The van der Waals surface area contributed by atoms with Crippen LogP contribution in [0.15, 0.2) is 18.2 Å². The van der Waals surface area contributed by atoms with Gasteiger partial charge in [0.15, 0.2) is 5.82 Å². The number of fused-ring (bicyclic) bond motifs is 1. The SMILES string of the molecule is O=C(O)CCc1nnc2cc(F)ccc2n1. The molecule has 16 heavy (non-hydrogen) atoms. The molecule has 0 atom stereocenters. The van der Waals surface area contributed by atoms with Gasteiger partial charge in [0.1, 0.15) is 11.3 Å². The van der Waals surface area contributed by atoms with Crippen molar-refractivity contribution in [2.75, 3.05) is 0 Å². The lowest BCUT2D eigenvalue weighted by Crippen LogP contribution is -2.03. The number of carbonyl (C=O) groups is 1. The fourth-order valence-corrected chi connectivity index (χ4v) is 1.27. The van der Waals surface area contributed by atoms with E-state index in [4.69, 9.17) is 5.11 Å². The van der Waals surface area contributed by atoms with Gasteiger partial charge in [0.25, 0.3) is 0 Å². The molecule has 0 aliphatic heterocycles. The first-order chi connectivity index (χ1) is 7.65. The van der Waals surface area contributed by atoms with E-state index in [0.717, 1.165) is 0 Å². The topological polar surface area (TPSA) is 76.0 Å². The molecular weight excluding hydrogens is 213 g/mol. The lowest BCUT2D eigenvalue weighted by Gasteiger charge is -1.99. The number of carboxylic acid groups (broad SMARTS) is 1. The maximum atomic E-state index is 12.8. The van der Waals surface area contributed by atoms with Gasteiger partial charge in [0, 0.05) is 12.5 Å². The summed E-state index contributed by atoms with van der Waals surface area (Å²) in [6.45, 7) is 0. The number of aromatic nitrogens is 3. The van der Waals surface area contributed by atoms with Crippen molar-refractivity contribution in [3.05, 3.63) is 29.8 Å². The Labute approximate surface area is 90.0 Å². The van der Waals surface area contributed by atoms with Crippen LogP contribution in [0.25, 0.3) is 11.0 Å². The van der Waals surface area contributed by atoms with Crippen LogP contribution in [0.5, 0.6) is 0 Å². The quantitative estimate of drug-likeness (QED) is 0.842. The lowest BCUT2D eigenvalue weighted by molar-refractivity contribution is -0.137. The number of hydrogen-bond acceptors (Lipinski definition) is 4. The normalized spacial score (nSPS) is 10.6. The van der Waals surface area contributed by atoms with E-state index in [1.807, 2.05) is 0 Å². The van der Waals surface area contributed by atoms with Crippen LogP contribution in [0.4, 0.5) is 4.39 Å². The second kappa shape index (κ2) is 4.18. The summed E-state index contributed by atoms with van der Waals surface area (Å²) in [4.78, 5) is 14.4. The molecule has 82 valence electrons. The van der Waals surface area contributed by atoms with Crippen molar-refractivity contribution in [2.45, 2.75) is 12.8 Å². The number of carboxylic acids is 1. The van der Waals surface area contributed by atoms with Crippen LogP contribution in [0, 0.1) is 5.82 Å². The van der Waals surface area contributed by atoms with E-state index in [1.165, 1.54) is 18.2 Å². The van der Waals surface area contributed by atoms with Crippen molar-refractivity contribution >= 4 is 17.0 Å². The van der Waals surface area contributed by atoms with Gasteiger partial charge < -0.3 is 5.11 Å². The molecule has 0 radical (unpaired) electrons. The molecule has 0 saturated heterocycles. The van der Waals surface area contributed by atoms with Crippen LogP contribution in [-0.2, 0) is 11.2 Å². The highest BCUT2D eigenvalue weighted by Crippen LogP contribution is 2.10. The summed E-state index contributed by atoms with van der Waals surface area (Å²) in [5.74, 6) is -0.966. The van der Waals surface area contributed by atoms with Gasteiger partial charge in [-0.2, -0.15) is 0 Å². The molecule has 6 heteroatoms. The number of aryl methyl sites for hydroxylation is 1. The molecule has 0 bridgehead atoms. The van der Waals surface area contributed by atoms with E-state index in [9.17, 15) is 9.18 Å². The Balaban J connectivity index is 2.30. The standard InChI is InChI=1S/C10H8FN3O2/c11-6-1-2-7-8(5-6)13-14-9(12-7)3-4-10(15)16/h1-2,5H,3-4H2,(H,15,16). The smallest absolute Gasteiger partial charge is 0.303 e. The van der Waals surface area contributed by atoms with Crippen molar-refractivity contribution in [3.63, 3.8) is 0 Å². The van der Waals surface area contributed by atoms with Crippen LogP contribution in [-0.4, -0.2) is 26.3 Å². The highest BCUT2D eigenvalue weighted by Gasteiger charge is 2.05. The molecule has 0 aliphatic carbocycles. The third kappa shape index (κ3) is 2.28. The zero-order valence-electron chi connectivity index (χ0n) is 8.22. The van der Waals surface area contributed by atoms with E-state index in [0.29, 0.717) is 16.9 Å². The predicted molar refractivity (Wildman–Crippen MR) is 53.2 cm³/mol. The van der Waals surface area contributed by atoms with Crippen LogP contribution in [0.3, 0.4) is 0 Å². The lowest BCUT2D eigenvalue weighted by atomic mass is 10.2. The molecule has 1 aromatic heterocycles. The molecule has 0 amide bonds. The summed E-state index contributed by atoms with van der Waals surface area (Å²) in [5.41, 5.74) is 0.871. The van der Waals surface area contributed by atoms with E-state index in [2.05, 4.69) is 15.2 Å². The average molecular weight is 221 g/mol. The highest BCUT2D eigenvalue weighted by atomic mass is 19.1. The Hall–Kier alpha value is -2.11. The summed E-state index contributed by atoms with van der Waals surface area (Å²) >= 11 is 0. The van der Waals surface area contributed by atoms with Crippen LogP contribution >= 0.6 is 0 Å². The van der Waals surface area contributed by atoms with Gasteiger partial charge in [-0.25, -0.2) is 9.37 Å². The number of benzene rings is 1. The van der Waals surface area contributed by atoms with Crippen LogP contribution in [0.1, 0.15) is 12.2 Å². The minimum Gasteiger partial charge on any atom is -0.481 e. The monoisotopic (exact) mass is 221 g/mol.